The number of benzene rings is 1. The Morgan fingerprint density at radius 2 is 1.86 bits per heavy atom. The molecule has 1 aromatic carbocycles. The minimum atomic E-state index is -2.82. The highest BCUT2D eigenvalue weighted by atomic mass is 35.5. The summed E-state index contributed by atoms with van der Waals surface area (Å²) in [5.41, 5.74) is 1.53. The molecule has 0 saturated carbocycles. The van der Waals surface area contributed by atoms with Gasteiger partial charge in [-0.05, 0) is 24.3 Å². The lowest BCUT2D eigenvalue weighted by atomic mass is 10.0. The third kappa shape index (κ3) is 5.07. The number of rotatable bonds is 8. The summed E-state index contributed by atoms with van der Waals surface area (Å²) in [6, 6.07) is 6.56. The molecule has 1 atom stereocenters. The second kappa shape index (κ2) is 10.9. The van der Waals surface area contributed by atoms with Gasteiger partial charge >= 0.3 is 6.55 Å². The van der Waals surface area contributed by atoms with Crippen molar-refractivity contribution in [1.82, 2.24) is 49.3 Å². The van der Waals surface area contributed by atoms with Crippen LogP contribution in [0.4, 0.5) is 13.2 Å². The van der Waals surface area contributed by atoms with Gasteiger partial charge in [-0.3, -0.25) is 4.68 Å². The van der Waals surface area contributed by atoms with Crippen LogP contribution in [0, 0.1) is 11.0 Å². The highest BCUT2D eigenvalue weighted by Crippen LogP contribution is 2.34. The fraction of sp³-hybridized carbons (Fsp3) is 0.160. The molecule has 5 heterocycles. The Bertz CT molecular complexity index is 1900. The van der Waals surface area contributed by atoms with E-state index < -0.39 is 18.4 Å². The van der Waals surface area contributed by atoms with Crippen LogP contribution < -0.4 is 4.73 Å². The molecule has 42 heavy (non-hydrogen) atoms. The van der Waals surface area contributed by atoms with Crippen LogP contribution in [0.25, 0.3) is 28.2 Å². The molecule has 0 radical (unpaired) electrons. The lowest BCUT2D eigenvalue weighted by Gasteiger charge is -2.18. The lowest BCUT2D eigenvalue weighted by molar-refractivity contribution is -0.615. The van der Waals surface area contributed by atoms with Crippen LogP contribution in [0.15, 0.2) is 67.6 Å². The van der Waals surface area contributed by atoms with Crippen LogP contribution in [0.2, 0.25) is 10.2 Å². The minimum Gasteiger partial charge on any atom is -0.618 e. The smallest absolute Gasteiger partial charge is 0.333 e. The minimum absolute atomic E-state index is 0.00361. The Labute approximate surface area is 244 Å². The highest BCUT2D eigenvalue weighted by molar-refractivity contribution is 6.31. The fourth-order valence-corrected chi connectivity index (χ4v) is 4.86. The van der Waals surface area contributed by atoms with Crippen molar-refractivity contribution in [3.63, 3.8) is 0 Å². The Balaban J connectivity index is 1.44. The number of hydrogen-bond donors (Lipinski definition) is 0. The number of alkyl halides is 2. The topological polar surface area (TPSA) is 124 Å². The quantitative estimate of drug-likeness (QED) is 0.183. The average Bonchev–Trinajstić information content (AvgIpc) is 3.77. The molecule has 0 aliphatic heterocycles. The van der Waals surface area contributed by atoms with E-state index in [1.165, 1.54) is 52.4 Å². The van der Waals surface area contributed by atoms with Crippen LogP contribution in [-0.4, -0.2) is 49.3 Å². The van der Waals surface area contributed by atoms with Crippen LogP contribution in [0.3, 0.4) is 0 Å². The molecule has 0 aliphatic rings. The van der Waals surface area contributed by atoms with Crippen LogP contribution in [-0.2, 0) is 13.5 Å². The van der Waals surface area contributed by atoms with Crippen LogP contribution in [0.1, 0.15) is 24.0 Å². The van der Waals surface area contributed by atoms with E-state index in [9.17, 15) is 14.0 Å². The van der Waals surface area contributed by atoms with Gasteiger partial charge in [-0.1, -0.05) is 28.4 Å². The second-order valence-corrected chi connectivity index (χ2v) is 9.91. The summed E-state index contributed by atoms with van der Waals surface area (Å²) in [7, 11) is 1.72. The fourth-order valence-electron chi connectivity index (χ4n) is 4.57. The molecular weight excluding hydrogens is 598 g/mol. The first-order chi connectivity index (χ1) is 20.2. The van der Waals surface area contributed by atoms with Gasteiger partial charge in [0, 0.05) is 31.9 Å². The molecule has 5 aromatic heterocycles. The van der Waals surface area contributed by atoms with Gasteiger partial charge in [0.25, 0.3) is 0 Å². The SMILES string of the molecule is Cn1ncnc1-c1cnn(C(Cc2ccn(C(F)F)n2)c2ccc(-c3c(-n4cc(Cl)nn4)ccc(Cl)c3F)c[n+]2[O-])c1. The van der Waals surface area contributed by atoms with Crippen molar-refractivity contribution >= 4 is 23.2 Å². The molecule has 0 N–H and O–H groups in total. The first kappa shape index (κ1) is 27.4. The van der Waals surface area contributed by atoms with E-state index in [-0.39, 0.29) is 39.1 Å². The standard InChI is InChI=1S/C25H18Cl2F3N11O/c1-37-24(31-13-33-37)15-9-32-39(10-15)20(8-16-6-7-38(35-16)25(29)30)18-4-2-14(11-41(18)42)22-19(5-3-17(26)23(22)28)40-12-21(27)34-36-40/h2-7,9-13,20,25H,8H2,1H3. The van der Waals surface area contributed by atoms with E-state index in [1.54, 1.807) is 30.2 Å². The molecule has 0 fully saturated rings. The molecule has 0 bridgehead atoms. The van der Waals surface area contributed by atoms with Gasteiger partial charge in [0.1, 0.15) is 12.4 Å². The van der Waals surface area contributed by atoms with Crippen LogP contribution in [0.5, 0.6) is 0 Å². The summed E-state index contributed by atoms with van der Waals surface area (Å²) in [4.78, 5) is 4.22. The molecule has 17 heteroatoms. The summed E-state index contributed by atoms with van der Waals surface area (Å²) in [5.74, 6) is -0.243. The van der Waals surface area contributed by atoms with Gasteiger partial charge in [0.15, 0.2) is 23.0 Å². The zero-order valence-corrected chi connectivity index (χ0v) is 22.9. The summed E-state index contributed by atoms with van der Waals surface area (Å²) in [5, 5.41) is 33.5. The van der Waals surface area contributed by atoms with Crippen molar-refractivity contribution in [3.8, 4) is 28.2 Å². The van der Waals surface area contributed by atoms with E-state index in [1.807, 2.05) is 0 Å². The predicted octanol–water partition coefficient (Wildman–Crippen LogP) is 4.43. The summed E-state index contributed by atoms with van der Waals surface area (Å²) in [6.45, 7) is -2.82. The molecule has 0 saturated heterocycles. The molecule has 0 amide bonds. The van der Waals surface area contributed by atoms with E-state index in [0.29, 0.717) is 26.5 Å². The number of aryl methyl sites for hydroxylation is 1. The molecule has 6 rings (SSSR count). The lowest BCUT2D eigenvalue weighted by Crippen LogP contribution is -2.36. The highest BCUT2D eigenvalue weighted by Gasteiger charge is 2.27. The normalized spacial score (nSPS) is 12.4. The van der Waals surface area contributed by atoms with Gasteiger partial charge in [-0.15, -0.1) is 5.10 Å². The molecule has 12 nitrogen and oxygen atoms in total. The molecule has 6 aromatic rings. The van der Waals surface area contributed by atoms with Crippen molar-refractivity contribution in [2.24, 2.45) is 7.05 Å². The van der Waals surface area contributed by atoms with Gasteiger partial charge in [-0.2, -0.15) is 28.8 Å². The number of halogens is 5. The second-order valence-electron chi connectivity index (χ2n) is 9.11. The van der Waals surface area contributed by atoms with Crippen molar-refractivity contribution in [2.75, 3.05) is 0 Å². The number of aromatic nitrogens is 11. The maximum atomic E-state index is 15.4. The van der Waals surface area contributed by atoms with Crippen molar-refractivity contribution in [1.29, 1.82) is 0 Å². The van der Waals surface area contributed by atoms with Gasteiger partial charge in [0.2, 0.25) is 5.69 Å². The molecule has 0 spiro atoms. The number of hydrogen-bond acceptors (Lipinski definition) is 7. The Kier molecular flexibility index (Phi) is 7.12. The summed E-state index contributed by atoms with van der Waals surface area (Å²) in [6.07, 6.45) is 8.36. The summed E-state index contributed by atoms with van der Waals surface area (Å²) < 4.78 is 47.2. The first-order valence-corrected chi connectivity index (χ1v) is 13.0. The third-order valence-corrected chi connectivity index (χ3v) is 6.98. The monoisotopic (exact) mass is 615 g/mol. The van der Waals surface area contributed by atoms with E-state index in [4.69, 9.17) is 23.2 Å². The largest absolute Gasteiger partial charge is 0.618 e. The van der Waals surface area contributed by atoms with E-state index in [2.05, 4.69) is 30.6 Å². The van der Waals surface area contributed by atoms with Gasteiger partial charge in [-0.25, -0.2) is 23.4 Å². The molecule has 214 valence electrons. The maximum Gasteiger partial charge on any atom is 0.333 e. The predicted molar refractivity (Wildman–Crippen MR) is 143 cm³/mol. The van der Waals surface area contributed by atoms with E-state index in [0.717, 1.165) is 6.20 Å². The maximum absolute atomic E-state index is 15.4. The van der Waals surface area contributed by atoms with Crippen molar-refractivity contribution in [2.45, 2.75) is 19.0 Å². The molecular formula is C25H18Cl2F3N11O. The van der Waals surface area contributed by atoms with Crippen molar-refractivity contribution < 1.29 is 17.9 Å². The summed E-state index contributed by atoms with van der Waals surface area (Å²) >= 11 is 12.0. The Morgan fingerprint density at radius 1 is 1.02 bits per heavy atom. The van der Waals surface area contributed by atoms with Gasteiger partial charge < -0.3 is 5.21 Å². The van der Waals surface area contributed by atoms with Gasteiger partial charge in [0.05, 0.1) is 45.5 Å². The number of nitrogens with zero attached hydrogens (tertiary/aromatic N) is 11. The Hall–Kier alpha value is -4.76. The first-order valence-electron chi connectivity index (χ1n) is 12.2. The van der Waals surface area contributed by atoms with Crippen molar-refractivity contribution in [3.05, 3.63) is 100 Å². The third-order valence-electron chi connectivity index (χ3n) is 6.52. The zero-order valence-electron chi connectivity index (χ0n) is 21.4. The molecule has 0 aliphatic carbocycles. The van der Waals surface area contributed by atoms with E-state index >= 15 is 4.39 Å². The average molecular weight is 616 g/mol. The van der Waals surface area contributed by atoms with Crippen LogP contribution >= 0.6 is 23.2 Å². The number of pyridine rings is 1. The zero-order chi connectivity index (χ0) is 29.5. The molecule has 1 unspecified atom stereocenters. The Morgan fingerprint density at radius 3 is 2.52 bits per heavy atom.